The number of ether oxygens (including phenoxy) is 2. The van der Waals surface area contributed by atoms with Crippen LogP contribution in [0.1, 0.15) is 12.8 Å². The van der Waals surface area contributed by atoms with Gasteiger partial charge >= 0.3 is 0 Å². The number of para-hydroxylation sites is 2. The number of rotatable bonds is 5. The van der Waals surface area contributed by atoms with Crippen molar-refractivity contribution in [2.75, 3.05) is 26.8 Å². The Morgan fingerprint density at radius 2 is 1.94 bits per heavy atom. The van der Waals surface area contributed by atoms with Gasteiger partial charge in [0.1, 0.15) is 6.61 Å². The van der Waals surface area contributed by atoms with Gasteiger partial charge in [0, 0.05) is 0 Å². The van der Waals surface area contributed by atoms with Crippen LogP contribution in [-0.2, 0) is 0 Å². The van der Waals surface area contributed by atoms with Crippen LogP contribution in [0.3, 0.4) is 0 Å². The van der Waals surface area contributed by atoms with Crippen molar-refractivity contribution in [1.82, 2.24) is 5.32 Å². The van der Waals surface area contributed by atoms with E-state index in [-0.39, 0.29) is 0 Å². The van der Waals surface area contributed by atoms with Gasteiger partial charge in [-0.1, -0.05) is 12.1 Å². The molecule has 4 heteroatoms. The van der Waals surface area contributed by atoms with Gasteiger partial charge in [-0.2, -0.15) is 0 Å². The van der Waals surface area contributed by atoms with Crippen molar-refractivity contribution in [2.45, 2.75) is 18.9 Å². The van der Waals surface area contributed by atoms with Crippen molar-refractivity contribution in [1.29, 1.82) is 0 Å². The second-order valence-corrected chi connectivity index (χ2v) is 4.62. The van der Waals surface area contributed by atoms with Gasteiger partial charge in [0.05, 0.1) is 13.2 Å². The lowest BCUT2D eigenvalue weighted by molar-refractivity contribution is 0.0433. The molecule has 1 aliphatic heterocycles. The third-order valence-electron chi connectivity index (χ3n) is 3.41. The highest BCUT2D eigenvalue weighted by atomic mass is 16.5. The molecule has 100 valence electrons. The molecule has 2 rings (SSSR count). The molecule has 0 amide bonds. The average molecular weight is 251 g/mol. The molecule has 1 atom stereocenters. The molecule has 1 aromatic carbocycles. The predicted molar refractivity (Wildman–Crippen MR) is 70.1 cm³/mol. The second-order valence-electron chi connectivity index (χ2n) is 4.62. The summed E-state index contributed by atoms with van der Waals surface area (Å²) in [6.45, 7) is 2.29. The molecule has 0 aromatic heterocycles. The summed E-state index contributed by atoms with van der Waals surface area (Å²) in [6.07, 6.45) is 1.62. The molecule has 0 radical (unpaired) electrons. The van der Waals surface area contributed by atoms with E-state index in [0.29, 0.717) is 24.0 Å². The molecular formula is C14H21NO3. The lowest BCUT2D eigenvalue weighted by Crippen LogP contribution is -2.36. The number of hydrogen-bond acceptors (Lipinski definition) is 4. The second kappa shape index (κ2) is 6.61. The van der Waals surface area contributed by atoms with Crippen LogP contribution >= 0.6 is 0 Å². The molecule has 1 saturated heterocycles. The summed E-state index contributed by atoms with van der Waals surface area (Å²) in [5, 5.41) is 13.4. The van der Waals surface area contributed by atoms with E-state index in [9.17, 15) is 5.11 Å². The first-order valence-electron chi connectivity index (χ1n) is 6.46. The van der Waals surface area contributed by atoms with Crippen LogP contribution in [-0.4, -0.2) is 38.0 Å². The van der Waals surface area contributed by atoms with Crippen LogP contribution in [0, 0.1) is 5.92 Å². The molecule has 0 saturated carbocycles. The maximum Gasteiger partial charge on any atom is 0.161 e. The number of nitrogens with one attached hydrogen (secondary N) is 1. The van der Waals surface area contributed by atoms with Crippen LogP contribution < -0.4 is 14.8 Å². The molecule has 1 aromatic rings. The SMILES string of the molecule is COc1ccccc1OCC(O)C1CCNCC1. The molecule has 1 fully saturated rings. The number of aliphatic hydroxyl groups is 1. The summed E-state index contributed by atoms with van der Waals surface area (Å²) in [5.74, 6) is 1.73. The van der Waals surface area contributed by atoms with Crippen molar-refractivity contribution in [3.63, 3.8) is 0 Å². The highest BCUT2D eigenvalue weighted by Crippen LogP contribution is 2.26. The Hall–Kier alpha value is -1.26. The Labute approximate surface area is 108 Å². The molecule has 1 aliphatic rings. The first-order chi connectivity index (χ1) is 8.81. The van der Waals surface area contributed by atoms with E-state index in [0.717, 1.165) is 25.9 Å². The van der Waals surface area contributed by atoms with Crippen molar-refractivity contribution in [3.8, 4) is 11.5 Å². The van der Waals surface area contributed by atoms with Gasteiger partial charge in [-0.3, -0.25) is 0 Å². The number of hydrogen-bond donors (Lipinski definition) is 2. The van der Waals surface area contributed by atoms with E-state index in [4.69, 9.17) is 9.47 Å². The monoisotopic (exact) mass is 251 g/mol. The minimum Gasteiger partial charge on any atom is -0.493 e. The van der Waals surface area contributed by atoms with Crippen LogP contribution in [0.25, 0.3) is 0 Å². The Kier molecular flexibility index (Phi) is 4.84. The van der Waals surface area contributed by atoms with E-state index in [1.54, 1.807) is 7.11 Å². The molecule has 0 spiro atoms. The zero-order valence-corrected chi connectivity index (χ0v) is 10.8. The Morgan fingerprint density at radius 1 is 1.28 bits per heavy atom. The summed E-state index contributed by atoms with van der Waals surface area (Å²) in [7, 11) is 1.62. The third-order valence-corrected chi connectivity index (χ3v) is 3.41. The van der Waals surface area contributed by atoms with Gasteiger partial charge in [0.15, 0.2) is 11.5 Å². The average Bonchev–Trinajstić information content (AvgIpc) is 2.46. The molecule has 4 nitrogen and oxygen atoms in total. The fourth-order valence-electron chi connectivity index (χ4n) is 2.28. The van der Waals surface area contributed by atoms with Crippen molar-refractivity contribution in [2.24, 2.45) is 5.92 Å². The molecule has 18 heavy (non-hydrogen) atoms. The lowest BCUT2D eigenvalue weighted by atomic mass is 9.93. The zero-order chi connectivity index (χ0) is 12.8. The Bertz CT molecular complexity index is 364. The molecule has 2 N–H and O–H groups in total. The number of methoxy groups -OCH3 is 1. The molecule has 0 aliphatic carbocycles. The lowest BCUT2D eigenvalue weighted by Gasteiger charge is -2.27. The van der Waals surface area contributed by atoms with Gasteiger partial charge in [0.2, 0.25) is 0 Å². The Morgan fingerprint density at radius 3 is 2.61 bits per heavy atom. The molecular weight excluding hydrogens is 230 g/mol. The highest BCUT2D eigenvalue weighted by molar-refractivity contribution is 5.39. The van der Waals surface area contributed by atoms with E-state index in [2.05, 4.69) is 5.32 Å². The minimum absolute atomic E-state index is 0.324. The number of benzene rings is 1. The van der Waals surface area contributed by atoms with E-state index in [1.165, 1.54) is 0 Å². The van der Waals surface area contributed by atoms with E-state index < -0.39 is 6.10 Å². The predicted octanol–water partition coefficient (Wildman–Crippen LogP) is 1.43. The summed E-state index contributed by atoms with van der Waals surface area (Å²) < 4.78 is 10.9. The summed E-state index contributed by atoms with van der Waals surface area (Å²) in [6, 6.07) is 7.50. The largest absolute Gasteiger partial charge is 0.493 e. The van der Waals surface area contributed by atoms with Gasteiger partial charge in [-0.05, 0) is 44.0 Å². The maximum absolute atomic E-state index is 10.1. The van der Waals surface area contributed by atoms with Gasteiger partial charge < -0.3 is 19.9 Å². The first kappa shape index (κ1) is 13.2. The zero-order valence-electron chi connectivity index (χ0n) is 10.8. The quantitative estimate of drug-likeness (QED) is 0.831. The van der Waals surface area contributed by atoms with Crippen LogP contribution in [0.5, 0.6) is 11.5 Å². The summed E-state index contributed by atoms with van der Waals surface area (Å²) in [4.78, 5) is 0. The van der Waals surface area contributed by atoms with Crippen molar-refractivity contribution >= 4 is 0 Å². The third kappa shape index (κ3) is 3.37. The molecule has 0 bridgehead atoms. The van der Waals surface area contributed by atoms with Gasteiger partial charge in [0.25, 0.3) is 0 Å². The fourth-order valence-corrected chi connectivity index (χ4v) is 2.28. The minimum atomic E-state index is -0.406. The molecule has 1 unspecified atom stereocenters. The van der Waals surface area contributed by atoms with Crippen LogP contribution in [0.2, 0.25) is 0 Å². The maximum atomic E-state index is 10.1. The standard InChI is InChI=1S/C14H21NO3/c1-17-13-4-2-3-5-14(13)18-10-12(16)11-6-8-15-9-7-11/h2-5,11-12,15-16H,6-10H2,1H3. The van der Waals surface area contributed by atoms with Crippen molar-refractivity contribution in [3.05, 3.63) is 24.3 Å². The van der Waals surface area contributed by atoms with Crippen LogP contribution in [0.15, 0.2) is 24.3 Å². The smallest absolute Gasteiger partial charge is 0.161 e. The Balaban J connectivity index is 1.86. The van der Waals surface area contributed by atoms with Gasteiger partial charge in [-0.25, -0.2) is 0 Å². The number of piperidine rings is 1. The van der Waals surface area contributed by atoms with E-state index in [1.807, 2.05) is 24.3 Å². The molecule has 1 heterocycles. The van der Waals surface area contributed by atoms with Crippen molar-refractivity contribution < 1.29 is 14.6 Å². The number of aliphatic hydroxyl groups excluding tert-OH is 1. The topological polar surface area (TPSA) is 50.7 Å². The van der Waals surface area contributed by atoms with Crippen LogP contribution in [0.4, 0.5) is 0 Å². The van der Waals surface area contributed by atoms with Gasteiger partial charge in [-0.15, -0.1) is 0 Å². The normalized spacial score (nSPS) is 18.3. The summed E-state index contributed by atoms with van der Waals surface area (Å²) >= 11 is 0. The highest BCUT2D eigenvalue weighted by Gasteiger charge is 2.22. The fraction of sp³-hybridized carbons (Fsp3) is 0.571. The first-order valence-corrected chi connectivity index (χ1v) is 6.46. The van der Waals surface area contributed by atoms with E-state index >= 15 is 0 Å². The summed E-state index contributed by atoms with van der Waals surface area (Å²) in [5.41, 5.74) is 0.